The predicted molar refractivity (Wildman–Crippen MR) is 69.5 cm³/mol. The van der Waals surface area contributed by atoms with Crippen LogP contribution in [0.5, 0.6) is 0 Å². The molecule has 0 aliphatic heterocycles. The van der Waals surface area contributed by atoms with Crippen LogP contribution in [-0.2, 0) is 12.7 Å². The van der Waals surface area contributed by atoms with Gasteiger partial charge < -0.3 is 15.1 Å². The molecule has 2 aromatic rings. The number of anilines is 2. The van der Waals surface area contributed by atoms with Crippen LogP contribution in [0, 0.1) is 0 Å². The van der Waals surface area contributed by atoms with Crippen molar-refractivity contribution in [2.45, 2.75) is 12.7 Å². The van der Waals surface area contributed by atoms with Gasteiger partial charge in [0.1, 0.15) is 0 Å². The Kier molecular flexibility index (Phi) is 4.29. The maximum absolute atomic E-state index is 12.7. The van der Waals surface area contributed by atoms with E-state index in [1.54, 1.807) is 7.05 Å². The monoisotopic (exact) mass is 350 g/mol. The summed E-state index contributed by atoms with van der Waals surface area (Å²) < 4.78 is 43.5. The summed E-state index contributed by atoms with van der Waals surface area (Å²) in [5.41, 5.74) is -0.573. The number of hydrogen-bond acceptors (Lipinski definition) is 5. The Hall–Kier alpha value is -1.61. The van der Waals surface area contributed by atoms with Gasteiger partial charge in [0.25, 0.3) is 0 Å². The first-order valence-electron chi connectivity index (χ1n) is 5.50. The molecule has 2 rings (SSSR count). The minimum absolute atomic E-state index is 0.0291. The number of aromatic nitrogens is 2. The van der Waals surface area contributed by atoms with Crippen LogP contribution in [-0.4, -0.2) is 17.2 Å². The highest BCUT2D eigenvalue weighted by atomic mass is 79.9. The molecule has 1 aromatic carbocycles. The normalized spacial score (nSPS) is 11.7. The first kappa shape index (κ1) is 14.8. The van der Waals surface area contributed by atoms with Gasteiger partial charge >= 0.3 is 12.2 Å². The molecule has 0 aliphatic carbocycles. The third-order valence-electron chi connectivity index (χ3n) is 2.27. The van der Waals surface area contributed by atoms with Gasteiger partial charge in [-0.3, -0.25) is 0 Å². The lowest BCUT2D eigenvalue weighted by molar-refractivity contribution is -0.137. The molecule has 0 unspecified atom stereocenters. The number of alkyl halides is 3. The molecular formula is C11H10BrF3N4O. The van der Waals surface area contributed by atoms with Crippen LogP contribution < -0.4 is 10.6 Å². The van der Waals surface area contributed by atoms with Gasteiger partial charge in [-0.2, -0.15) is 13.2 Å². The zero-order valence-electron chi connectivity index (χ0n) is 10.3. The molecule has 0 bridgehead atoms. The predicted octanol–water partition coefficient (Wildman–Crippen LogP) is 3.31. The van der Waals surface area contributed by atoms with Gasteiger partial charge in [0.15, 0.2) is 0 Å². The summed E-state index contributed by atoms with van der Waals surface area (Å²) >= 11 is 3.03. The Morgan fingerprint density at radius 1 is 1.25 bits per heavy atom. The van der Waals surface area contributed by atoms with Gasteiger partial charge in [-0.25, -0.2) is 0 Å². The van der Waals surface area contributed by atoms with Gasteiger partial charge in [-0.05, 0) is 25.2 Å². The van der Waals surface area contributed by atoms with Crippen molar-refractivity contribution < 1.29 is 17.6 Å². The minimum atomic E-state index is -4.42. The maximum atomic E-state index is 12.7. The Balaban J connectivity index is 2.22. The quantitative estimate of drug-likeness (QED) is 0.885. The van der Waals surface area contributed by atoms with Crippen molar-refractivity contribution in [1.82, 2.24) is 15.5 Å². The molecule has 108 valence electrons. The van der Waals surface area contributed by atoms with Crippen molar-refractivity contribution in [3.05, 3.63) is 34.1 Å². The van der Waals surface area contributed by atoms with Crippen molar-refractivity contribution in [3.8, 4) is 0 Å². The molecule has 0 fully saturated rings. The second kappa shape index (κ2) is 5.80. The summed E-state index contributed by atoms with van der Waals surface area (Å²) in [5, 5.41) is 12.9. The molecular weight excluding hydrogens is 341 g/mol. The SMILES string of the molecule is CNCc1nnc(Nc2cc(Br)cc(C(F)(F)F)c2)o1. The molecule has 20 heavy (non-hydrogen) atoms. The summed E-state index contributed by atoms with van der Waals surface area (Å²) in [6, 6.07) is 3.47. The van der Waals surface area contributed by atoms with Crippen LogP contribution in [0.4, 0.5) is 24.9 Å². The van der Waals surface area contributed by atoms with Gasteiger partial charge in [0.2, 0.25) is 5.89 Å². The van der Waals surface area contributed by atoms with E-state index < -0.39 is 11.7 Å². The van der Waals surface area contributed by atoms with Crippen LogP contribution in [0.25, 0.3) is 0 Å². The number of benzene rings is 1. The molecule has 9 heteroatoms. The molecule has 1 heterocycles. The Labute approximate surface area is 120 Å². The average Bonchev–Trinajstić information content (AvgIpc) is 2.75. The van der Waals surface area contributed by atoms with Crippen molar-refractivity contribution in [3.63, 3.8) is 0 Å². The van der Waals surface area contributed by atoms with E-state index in [-0.39, 0.29) is 11.7 Å². The van der Waals surface area contributed by atoms with E-state index in [2.05, 4.69) is 36.8 Å². The molecule has 1 aromatic heterocycles. The highest BCUT2D eigenvalue weighted by Crippen LogP contribution is 2.34. The number of nitrogens with zero attached hydrogens (tertiary/aromatic N) is 2. The summed E-state index contributed by atoms with van der Waals surface area (Å²) in [5.74, 6) is 0.334. The molecule has 0 saturated carbocycles. The topological polar surface area (TPSA) is 63.0 Å². The van der Waals surface area contributed by atoms with Gasteiger partial charge in [0.05, 0.1) is 12.1 Å². The highest BCUT2D eigenvalue weighted by Gasteiger charge is 2.31. The van der Waals surface area contributed by atoms with Gasteiger partial charge in [0, 0.05) is 10.2 Å². The Bertz CT molecular complexity index is 600. The van der Waals surface area contributed by atoms with E-state index >= 15 is 0 Å². The lowest BCUT2D eigenvalue weighted by atomic mass is 10.2. The number of halogens is 4. The van der Waals surface area contributed by atoms with Crippen LogP contribution in [0.2, 0.25) is 0 Å². The number of rotatable bonds is 4. The van der Waals surface area contributed by atoms with Crippen LogP contribution in [0.1, 0.15) is 11.5 Å². The van der Waals surface area contributed by atoms with Crippen LogP contribution in [0.15, 0.2) is 27.1 Å². The molecule has 0 atom stereocenters. The molecule has 2 N–H and O–H groups in total. The van der Waals surface area contributed by atoms with E-state index in [9.17, 15) is 13.2 Å². The molecule has 0 saturated heterocycles. The van der Waals surface area contributed by atoms with Crippen molar-refractivity contribution in [2.75, 3.05) is 12.4 Å². The second-order valence-corrected chi connectivity index (χ2v) is 4.80. The molecule has 5 nitrogen and oxygen atoms in total. The van der Waals surface area contributed by atoms with Crippen molar-refractivity contribution >= 4 is 27.6 Å². The minimum Gasteiger partial charge on any atom is -0.406 e. The summed E-state index contributed by atoms with van der Waals surface area (Å²) in [7, 11) is 1.71. The molecule has 0 aliphatic rings. The number of hydrogen-bond donors (Lipinski definition) is 2. The fourth-order valence-corrected chi connectivity index (χ4v) is 1.97. The van der Waals surface area contributed by atoms with E-state index in [1.807, 2.05) is 0 Å². The summed E-state index contributed by atoms with van der Waals surface area (Å²) in [6.45, 7) is 0.376. The van der Waals surface area contributed by atoms with Crippen molar-refractivity contribution in [1.29, 1.82) is 0 Å². The lowest BCUT2D eigenvalue weighted by Gasteiger charge is -2.09. The Morgan fingerprint density at radius 2 is 2.00 bits per heavy atom. The summed E-state index contributed by atoms with van der Waals surface area (Å²) in [4.78, 5) is 0. The van der Waals surface area contributed by atoms with E-state index in [4.69, 9.17) is 4.42 Å². The van der Waals surface area contributed by atoms with E-state index in [1.165, 1.54) is 6.07 Å². The third-order valence-corrected chi connectivity index (χ3v) is 2.73. The van der Waals surface area contributed by atoms with Gasteiger partial charge in [-0.15, -0.1) is 5.10 Å². The van der Waals surface area contributed by atoms with Crippen LogP contribution in [0.3, 0.4) is 0 Å². The summed E-state index contributed by atoms with van der Waals surface area (Å²) in [6.07, 6.45) is -4.42. The second-order valence-electron chi connectivity index (χ2n) is 3.88. The molecule has 0 spiro atoms. The fourth-order valence-electron chi connectivity index (χ4n) is 1.48. The fraction of sp³-hybridized carbons (Fsp3) is 0.273. The third kappa shape index (κ3) is 3.70. The van der Waals surface area contributed by atoms with Crippen LogP contribution >= 0.6 is 15.9 Å². The van der Waals surface area contributed by atoms with E-state index in [0.29, 0.717) is 16.9 Å². The zero-order chi connectivity index (χ0) is 14.8. The number of nitrogens with one attached hydrogen (secondary N) is 2. The smallest absolute Gasteiger partial charge is 0.406 e. The zero-order valence-corrected chi connectivity index (χ0v) is 11.8. The molecule has 0 radical (unpaired) electrons. The van der Waals surface area contributed by atoms with Crippen molar-refractivity contribution in [2.24, 2.45) is 0 Å². The first-order valence-corrected chi connectivity index (χ1v) is 6.29. The van der Waals surface area contributed by atoms with E-state index in [0.717, 1.165) is 12.1 Å². The maximum Gasteiger partial charge on any atom is 0.416 e. The Morgan fingerprint density at radius 3 is 2.65 bits per heavy atom. The first-order chi connectivity index (χ1) is 9.38. The molecule has 0 amide bonds. The van der Waals surface area contributed by atoms with Gasteiger partial charge in [-0.1, -0.05) is 21.0 Å². The lowest BCUT2D eigenvalue weighted by Crippen LogP contribution is -2.05. The standard InChI is InChI=1S/C11H10BrF3N4O/c1-16-5-9-18-19-10(20-9)17-8-3-6(11(13,14)15)2-7(12)4-8/h2-4,16H,5H2,1H3,(H,17,19). The average molecular weight is 351 g/mol. The largest absolute Gasteiger partial charge is 0.416 e. The highest BCUT2D eigenvalue weighted by molar-refractivity contribution is 9.10.